The summed E-state index contributed by atoms with van der Waals surface area (Å²) >= 11 is 0. The molecule has 8 heteroatoms. The number of hydrogen-bond acceptors (Lipinski definition) is 5. The highest BCUT2D eigenvalue weighted by molar-refractivity contribution is 5.86. The molecular formula is C13H20N6O2. The van der Waals surface area contributed by atoms with Crippen LogP contribution in [0.15, 0.2) is 6.33 Å². The van der Waals surface area contributed by atoms with E-state index >= 15 is 0 Å². The normalized spacial score (nSPS) is 26.5. The van der Waals surface area contributed by atoms with Crippen molar-refractivity contribution in [2.24, 2.45) is 7.05 Å². The van der Waals surface area contributed by atoms with Gasteiger partial charge in [-0.3, -0.25) is 14.9 Å². The van der Waals surface area contributed by atoms with Crippen molar-refractivity contribution in [2.75, 3.05) is 26.2 Å². The highest BCUT2D eigenvalue weighted by Gasteiger charge is 2.32. The average Bonchev–Trinajstić information content (AvgIpc) is 2.94. The van der Waals surface area contributed by atoms with Crippen molar-refractivity contribution in [3.63, 3.8) is 0 Å². The largest absolute Gasteiger partial charge is 0.353 e. The van der Waals surface area contributed by atoms with Crippen LogP contribution >= 0.6 is 0 Å². The van der Waals surface area contributed by atoms with Crippen LogP contribution in [0, 0.1) is 0 Å². The van der Waals surface area contributed by atoms with Gasteiger partial charge in [-0.05, 0) is 12.8 Å². The lowest BCUT2D eigenvalue weighted by Gasteiger charge is -2.35. The monoisotopic (exact) mass is 292 g/mol. The first-order valence-electron chi connectivity index (χ1n) is 7.28. The van der Waals surface area contributed by atoms with E-state index in [0.717, 1.165) is 25.2 Å². The summed E-state index contributed by atoms with van der Waals surface area (Å²) in [7, 11) is 1.92. The molecule has 0 aliphatic carbocycles. The predicted octanol–water partition coefficient (Wildman–Crippen LogP) is -1.39. The Balaban J connectivity index is 1.64. The number of amides is 2. The molecule has 2 aliphatic rings. The second-order valence-corrected chi connectivity index (χ2v) is 5.66. The van der Waals surface area contributed by atoms with Gasteiger partial charge in [0.2, 0.25) is 11.8 Å². The lowest BCUT2D eigenvalue weighted by Crippen LogP contribution is -2.59. The maximum atomic E-state index is 12.5. The number of hydrogen-bond donors (Lipinski definition) is 2. The Hall–Kier alpha value is -1.96. The smallest absolute Gasteiger partial charge is 0.241 e. The van der Waals surface area contributed by atoms with Gasteiger partial charge in [0, 0.05) is 32.6 Å². The molecule has 2 saturated heterocycles. The molecule has 1 aromatic heterocycles. The number of rotatable bonds is 2. The van der Waals surface area contributed by atoms with Gasteiger partial charge in [-0.15, -0.1) is 10.2 Å². The fourth-order valence-electron chi connectivity index (χ4n) is 3.01. The van der Waals surface area contributed by atoms with E-state index in [-0.39, 0.29) is 30.3 Å². The molecule has 2 fully saturated rings. The minimum atomic E-state index is -0.319. The Morgan fingerprint density at radius 3 is 3.00 bits per heavy atom. The lowest BCUT2D eigenvalue weighted by molar-refractivity contribution is -0.136. The lowest BCUT2D eigenvalue weighted by atomic mass is 9.96. The Morgan fingerprint density at radius 1 is 1.48 bits per heavy atom. The molecule has 1 aromatic rings. The van der Waals surface area contributed by atoms with Crippen LogP contribution in [-0.2, 0) is 16.6 Å². The fraction of sp³-hybridized carbons (Fsp3) is 0.692. The Kier molecular flexibility index (Phi) is 3.87. The molecule has 0 spiro atoms. The molecular weight excluding hydrogens is 272 g/mol. The Morgan fingerprint density at radius 2 is 2.33 bits per heavy atom. The molecule has 2 atom stereocenters. The molecule has 2 N–H and O–H groups in total. The molecule has 114 valence electrons. The minimum Gasteiger partial charge on any atom is -0.353 e. The zero-order valence-electron chi connectivity index (χ0n) is 12.1. The number of piperazine rings is 1. The fourth-order valence-corrected chi connectivity index (χ4v) is 3.01. The number of nitrogens with zero attached hydrogens (tertiary/aromatic N) is 4. The second-order valence-electron chi connectivity index (χ2n) is 5.66. The van der Waals surface area contributed by atoms with Crippen molar-refractivity contribution < 1.29 is 9.59 Å². The van der Waals surface area contributed by atoms with Gasteiger partial charge in [0.25, 0.3) is 0 Å². The molecule has 0 saturated carbocycles. The maximum Gasteiger partial charge on any atom is 0.241 e. The zero-order chi connectivity index (χ0) is 14.8. The van der Waals surface area contributed by atoms with Gasteiger partial charge >= 0.3 is 0 Å². The van der Waals surface area contributed by atoms with Crippen molar-refractivity contribution in [3.8, 4) is 0 Å². The SMILES string of the molecule is Cn1cnnc1C1CCCN(C(=O)C2CNC(=O)CN2)C1. The van der Waals surface area contributed by atoms with E-state index in [1.54, 1.807) is 6.33 Å². The van der Waals surface area contributed by atoms with Gasteiger partial charge in [0.05, 0.1) is 6.54 Å². The molecule has 3 heterocycles. The average molecular weight is 292 g/mol. The summed E-state index contributed by atoms with van der Waals surface area (Å²) in [5.41, 5.74) is 0. The number of carbonyl (C=O) groups is 2. The summed E-state index contributed by atoms with van der Waals surface area (Å²) in [5.74, 6) is 1.15. The molecule has 2 unspecified atom stereocenters. The van der Waals surface area contributed by atoms with Crippen LogP contribution in [0.5, 0.6) is 0 Å². The quantitative estimate of drug-likeness (QED) is 0.700. The third-order valence-corrected chi connectivity index (χ3v) is 4.16. The topological polar surface area (TPSA) is 92.2 Å². The van der Waals surface area contributed by atoms with E-state index in [0.29, 0.717) is 13.1 Å². The van der Waals surface area contributed by atoms with Gasteiger partial charge < -0.3 is 14.8 Å². The Labute approximate surface area is 122 Å². The second kappa shape index (κ2) is 5.80. The third-order valence-electron chi connectivity index (χ3n) is 4.16. The van der Waals surface area contributed by atoms with Gasteiger partial charge in [0.1, 0.15) is 18.2 Å². The summed E-state index contributed by atoms with van der Waals surface area (Å²) in [6.45, 7) is 2.00. The van der Waals surface area contributed by atoms with Gasteiger partial charge in [-0.25, -0.2) is 0 Å². The van der Waals surface area contributed by atoms with Crippen LogP contribution in [0.2, 0.25) is 0 Å². The molecule has 0 radical (unpaired) electrons. The summed E-state index contributed by atoms with van der Waals surface area (Å²) < 4.78 is 1.91. The van der Waals surface area contributed by atoms with E-state index in [9.17, 15) is 9.59 Å². The third kappa shape index (κ3) is 2.90. The molecule has 0 bridgehead atoms. The summed E-state index contributed by atoms with van der Waals surface area (Å²) in [6.07, 6.45) is 3.67. The van der Waals surface area contributed by atoms with Crippen molar-refractivity contribution in [3.05, 3.63) is 12.2 Å². The van der Waals surface area contributed by atoms with Crippen molar-refractivity contribution in [2.45, 2.75) is 24.8 Å². The van der Waals surface area contributed by atoms with E-state index in [2.05, 4.69) is 20.8 Å². The molecule has 21 heavy (non-hydrogen) atoms. The number of carbonyl (C=O) groups excluding carboxylic acids is 2. The van der Waals surface area contributed by atoms with Crippen LogP contribution in [0.1, 0.15) is 24.6 Å². The first-order valence-corrected chi connectivity index (χ1v) is 7.28. The van der Waals surface area contributed by atoms with Crippen LogP contribution in [0.4, 0.5) is 0 Å². The number of aromatic nitrogens is 3. The van der Waals surface area contributed by atoms with Crippen molar-refractivity contribution in [1.82, 2.24) is 30.3 Å². The Bertz CT molecular complexity index is 533. The van der Waals surface area contributed by atoms with E-state index in [4.69, 9.17) is 0 Å². The summed E-state index contributed by atoms with van der Waals surface area (Å²) in [5, 5.41) is 13.8. The highest BCUT2D eigenvalue weighted by atomic mass is 16.2. The standard InChI is InChI=1S/C13H20N6O2/c1-18-8-16-17-12(18)9-3-2-4-19(7-9)13(21)10-5-15-11(20)6-14-10/h8-10,14H,2-7H2,1H3,(H,15,20). The van der Waals surface area contributed by atoms with E-state index in [1.807, 2.05) is 16.5 Å². The van der Waals surface area contributed by atoms with Crippen LogP contribution in [0.3, 0.4) is 0 Å². The van der Waals surface area contributed by atoms with Gasteiger partial charge in [0.15, 0.2) is 0 Å². The maximum absolute atomic E-state index is 12.5. The van der Waals surface area contributed by atoms with E-state index in [1.165, 1.54) is 0 Å². The molecule has 3 rings (SSSR count). The predicted molar refractivity (Wildman–Crippen MR) is 74.4 cm³/mol. The van der Waals surface area contributed by atoms with Crippen molar-refractivity contribution in [1.29, 1.82) is 0 Å². The summed E-state index contributed by atoms with van der Waals surface area (Å²) in [6, 6.07) is -0.319. The van der Waals surface area contributed by atoms with Crippen LogP contribution in [-0.4, -0.2) is 63.7 Å². The minimum absolute atomic E-state index is 0.0573. The molecule has 8 nitrogen and oxygen atoms in total. The van der Waals surface area contributed by atoms with Crippen LogP contribution < -0.4 is 10.6 Å². The van der Waals surface area contributed by atoms with Gasteiger partial charge in [-0.2, -0.15) is 0 Å². The highest BCUT2D eigenvalue weighted by Crippen LogP contribution is 2.25. The number of likely N-dealkylation sites (tertiary alicyclic amines) is 1. The van der Waals surface area contributed by atoms with Gasteiger partial charge in [-0.1, -0.05) is 0 Å². The first-order chi connectivity index (χ1) is 10.1. The number of piperidine rings is 1. The van der Waals surface area contributed by atoms with Crippen LogP contribution in [0.25, 0.3) is 0 Å². The molecule has 2 aliphatic heterocycles. The number of nitrogens with one attached hydrogen (secondary N) is 2. The van der Waals surface area contributed by atoms with Crippen molar-refractivity contribution >= 4 is 11.8 Å². The van der Waals surface area contributed by atoms with E-state index < -0.39 is 0 Å². The summed E-state index contributed by atoms with van der Waals surface area (Å²) in [4.78, 5) is 25.5. The molecule has 0 aromatic carbocycles. The first kappa shape index (κ1) is 14.0. The number of aryl methyl sites for hydroxylation is 1. The molecule has 2 amide bonds. The zero-order valence-corrected chi connectivity index (χ0v) is 12.1.